The molecule has 0 aliphatic rings. The Morgan fingerprint density at radius 3 is 2.35 bits per heavy atom. The van der Waals surface area contributed by atoms with Crippen molar-refractivity contribution >= 4 is 11.6 Å². The van der Waals surface area contributed by atoms with Crippen molar-refractivity contribution in [2.45, 2.75) is 13.8 Å². The predicted molar refractivity (Wildman–Crippen MR) is 95.1 cm³/mol. The molecular formula is C18H26N4O. The molecule has 1 aromatic heterocycles. The smallest absolute Gasteiger partial charge is 0.239 e. The van der Waals surface area contributed by atoms with E-state index >= 15 is 0 Å². The Hall–Kier alpha value is -2.27. The van der Waals surface area contributed by atoms with Crippen LogP contribution in [0.3, 0.4) is 0 Å². The average Bonchev–Trinajstić information content (AvgIpc) is 3.12. The summed E-state index contributed by atoms with van der Waals surface area (Å²) < 4.78 is 2.05. The molecule has 0 spiro atoms. The Labute approximate surface area is 138 Å². The van der Waals surface area contributed by atoms with Crippen LogP contribution in [0.1, 0.15) is 13.8 Å². The lowest BCUT2D eigenvalue weighted by atomic mass is 10.2. The summed E-state index contributed by atoms with van der Waals surface area (Å²) in [5.41, 5.74) is 2.05. The highest BCUT2D eigenvalue weighted by Crippen LogP contribution is 2.13. The SMILES string of the molecule is CCN(CC)CCNC(=O)CNc1ccc(-n2cccc2)cc1. The molecule has 1 heterocycles. The number of hydrogen-bond donors (Lipinski definition) is 2. The third kappa shape index (κ3) is 5.45. The average molecular weight is 314 g/mol. The standard InChI is InChI=1S/C18H26N4O/c1-3-21(4-2)14-11-19-18(23)15-20-16-7-9-17(10-8-16)22-12-5-6-13-22/h5-10,12-13,20H,3-4,11,14-15H2,1-2H3,(H,19,23). The van der Waals surface area contributed by atoms with Crippen LogP contribution in [-0.4, -0.2) is 48.1 Å². The number of anilines is 1. The predicted octanol–water partition coefficient (Wildman–Crippen LogP) is 2.35. The van der Waals surface area contributed by atoms with E-state index in [9.17, 15) is 4.79 Å². The van der Waals surface area contributed by atoms with Crippen molar-refractivity contribution in [1.29, 1.82) is 0 Å². The van der Waals surface area contributed by atoms with Crippen molar-refractivity contribution in [3.05, 3.63) is 48.8 Å². The second-order valence-electron chi connectivity index (χ2n) is 5.37. The second kappa shape index (κ2) is 9.00. The Bertz CT molecular complexity index is 574. The fourth-order valence-corrected chi connectivity index (χ4v) is 2.40. The minimum atomic E-state index is 0.0200. The minimum absolute atomic E-state index is 0.0200. The first-order chi connectivity index (χ1) is 11.2. The van der Waals surface area contributed by atoms with E-state index in [0.29, 0.717) is 13.1 Å². The zero-order valence-corrected chi connectivity index (χ0v) is 14.0. The molecule has 2 aromatic rings. The number of nitrogens with one attached hydrogen (secondary N) is 2. The van der Waals surface area contributed by atoms with E-state index in [1.165, 1.54) is 0 Å². The lowest BCUT2D eigenvalue weighted by Crippen LogP contribution is -2.37. The van der Waals surface area contributed by atoms with Crippen molar-refractivity contribution < 1.29 is 4.79 Å². The molecule has 1 aromatic carbocycles. The van der Waals surface area contributed by atoms with Gasteiger partial charge in [0, 0.05) is 36.9 Å². The summed E-state index contributed by atoms with van der Waals surface area (Å²) in [6.45, 7) is 8.16. The summed E-state index contributed by atoms with van der Waals surface area (Å²) >= 11 is 0. The van der Waals surface area contributed by atoms with Crippen LogP contribution in [0, 0.1) is 0 Å². The number of rotatable bonds is 9. The Morgan fingerprint density at radius 1 is 1.09 bits per heavy atom. The molecule has 2 rings (SSSR count). The number of aromatic nitrogens is 1. The number of benzene rings is 1. The van der Waals surface area contributed by atoms with Crippen LogP contribution in [0.15, 0.2) is 48.8 Å². The minimum Gasteiger partial charge on any atom is -0.376 e. The molecule has 124 valence electrons. The number of carbonyl (C=O) groups is 1. The van der Waals surface area contributed by atoms with Crippen molar-refractivity contribution in [1.82, 2.24) is 14.8 Å². The largest absolute Gasteiger partial charge is 0.376 e. The summed E-state index contributed by atoms with van der Waals surface area (Å²) in [6.07, 6.45) is 4.01. The molecule has 0 saturated carbocycles. The van der Waals surface area contributed by atoms with Gasteiger partial charge in [-0.3, -0.25) is 4.79 Å². The Kier molecular flexibility index (Phi) is 6.69. The Morgan fingerprint density at radius 2 is 1.74 bits per heavy atom. The maximum atomic E-state index is 11.8. The van der Waals surface area contributed by atoms with Crippen LogP contribution in [0.5, 0.6) is 0 Å². The summed E-state index contributed by atoms with van der Waals surface area (Å²) in [4.78, 5) is 14.1. The number of carbonyl (C=O) groups excluding carboxylic acids is 1. The first-order valence-corrected chi connectivity index (χ1v) is 8.19. The van der Waals surface area contributed by atoms with E-state index < -0.39 is 0 Å². The number of nitrogens with zero attached hydrogens (tertiary/aromatic N) is 2. The quantitative estimate of drug-likeness (QED) is 0.747. The molecule has 0 aliphatic heterocycles. The van der Waals surface area contributed by atoms with E-state index in [2.05, 4.69) is 29.4 Å². The highest BCUT2D eigenvalue weighted by atomic mass is 16.1. The van der Waals surface area contributed by atoms with Gasteiger partial charge in [0.05, 0.1) is 6.54 Å². The van der Waals surface area contributed by atoms with Gasteiger partial charge in [-0.1, -0.05) is 13.8 Å². The Balaban J connectivity index is 1.72. The maximum absolute atomic E-state index is 11.8. The molecule has 0 bridgehead atoms. The molecule has 5 heteroatoms. The highest BCUT2D eigenvalue weighted by molar-refractivity contribution is 5.80. The van der Waals surface area contributed by atoms with E-state index in [1.54, 1.807) is 0 Å². The molecule has 0 fully saturated rings. The third-order valence-corrected chi connectivity index (χ3v) is 3.87. The second-order valence-corrected chi connectivity index (χ2v) is 5.37. The van der Waals surface area contributed by atoms with E-state index in [0.717, 1.165) is 31.0 Å². The normalized spacial score (nSPS) is 10.7. The molecule has 2 N–H and O–H groups in total. The maximum Gasteiger partial charge on any atom is 0.239 e. The van der Waals surface area contributed by atoms with Crippen LogP contribution in [0.4, 0.5) is 5.69 Å². The van der Waals surface area contributed by atoms with Crippen LogP contribution in [0.2, 0.25) is 0 Å². The number of amides is 1. The fourth-order valence-electron chi connectivity index (χ4n) is 2.40. The molecule has 1 amide bonds. The molecule has 0 radical (unpaired) electrons. The van der Waals surface area contributed by atoms with Gasteiger partial charge in [-0.25, -0.2) is 0 Å². The van der Waals surface area contributed by atoms with Crippen LogP contribution >= 0.6 is 0 Å². The zero-order valence-electron chi connectivity index (χ0n) is 14.0. The highest BCUT2D eigenvalue weighted by Gasteiger charge is 2.03. The topological polar surface area (TPSA) is 49.3 Å². The molecule has 5 nitrogen and oxygen atoms in total. The fraction of sp³-hybridized carbons (Fsp3) is 0.389. The van der Waals surface area contributed by atoms with Gasteiger partial charge in [-0.2, -0.15) is 0 Å². The van der Waals surface area contributed by atoms with Gasteiger partial charge < -0.3 is 20.1 Å². The lowest BCUT2D eigenvalue weighted by Gasteiger charge is -2.18. The first-order valence-electron chi connectivity index (χ1n) is 8.19. The van der Waals surface area contributed by atoms with Gasteiger partial charge >= 0.3 is 0 Å². The van der Waals surface area contributed by atoms with Crippen molar-refractivity contribution in [2.75, 3.05) is 38.0 Å². The summed E-state index contributed by atoms with van der Waals surface area (Å²) in [5.74, 6) is 0.0200. The van der Waals surface area contributed by atoms with Crippen LogP contribution in [-0.2, 0) is 4.79 Å². The molecule has 0 saturated heterocycles. The zero-order chi connectivity index (χ0) is 16.5. The summed E-state index contributed by atoms with van der Waals surface area (Å²) in [5, 5.41) is 6.09. The molecule has 0 aliphatic carbocycles. The van der Waals surface area contributed by atoms with Gasteiger partial charge in [0.1, 0.15) is 0 Å². The number of hydrogen-bond acceptors (Lipinski definition) is 3. The lowest BCUT2D eigenvalue weighted by molar-refractivity contribution is -0.119. The van der Waals surface area contributed by atoms with E-state index in [4.69, 9.17) is 0 Å². The monoisotopic (exact) mass is 314 g/mol. The number of likely N-dealkylation sites (N-methyl/N-ethyl adjacent to an activating group) is 1. The third-order valence-electron chi connectivity index (χ3n) is 3.87. The van der Waals surface area contributed by atoms with E-state index in [1.807, 2.05) is 53.4 Å². The van der Waals surface area contributed by atoms with Gasteiger partial charge in [-0.05, 0) is 49.5 Å². The van der Waals surface area contributed by atoms with Gasteiger partial charge in [0.15, 0.2) is 0 Å². The van der Waals surface area contributed by atoms with Crippen molar-refractivity contribution in [3.63, 3.8) is 0 Å². The van der Waals surface area contributed by atoms with Gasteiger partial charge in [0.25, 0.3) is 0 Å². The summed E-state index contributed by atoms with van der Waals surface area (Å²) in [7, 11) is 0. The van der Waals surface area contributed by atoms with Crippen LogP contribution < -0.4 is 10.6 Å². The first kappa shape index (κ1) is 17.1. The van der Waals surface area contributed by atoms with E-state index in [-0.39, 0.29) is 5.91 Å². The molecular weight excluding hydrogens is 288 g/mol. The van der Waals surface area contributed by atoms with Gasteiger partial charge in [-0.15, -0.1) is 0 Å². The van der Waals surface area contributed by atoms with Crippen LogP contribution in [0.25, 0.3) is 5.69 Å². The molecule has 0 atom stereocenters. The molecule has 0 unspecified atom stereocenters. The molecule has 23 heavy (non-hydrogen) atoms. The van der Waals surface area contributed by atoms with Gasteiger partial charge in [0.2, 0.25) is 5.91 Å². The van der Waals surface area contributed by atoms with Crippen molar-refractivity contribution in [3.8, 4) is 5.69 Å². The summed E-state index contributed by atoms with van der Waals surface area (Å²) in [6, 6.07) is 12.0. The van der Waals surface area contributed by atoms with Crippen molar-refractivity contribution in [2.24, 2.45) is 0 Å².